The van der Waals surface area contributed by atoms with Crippen molar-refractivity contribution >= 4 is 33.2 Å². The van der Waals surface area contributed by atoms with Crippen LogP contribution in [0.15, 0.2) is 34.8 Å². The fourth-order valence-electron chi connectivity index (χ4n) is 1.85. The lowest BCUT2D eigenvalue weighted by Crippen LogP contribution is -2.15. The van der Waals surface area contributed by atoms with Crippen LogP contribution in [0, 0.1) is 19.7 Å². The molecule has 3 nitrogen and oxygen atoms in total. The third kappa shape index (κ3) is 2.82. The van der Waals surface area contributed by atoms with Crippen molar-refractivity contribution in [1.29, 1.82) is 0 Å². The molecule has 0 saturated carbocycles. The molecule has 0 heterocycles. The van der Waals surface area contributed by atoms with Crippen LogP contribution >= 0.6 is 15.9 Å². The minimum absolute atomic E-state index is 0.301. The summed E-state index contributed by atoms with van der Waals surface area (Å²) in [6, 6.07) is 8.17. The van der Waals surface area contributed by atoms with Crippen LogP contribution in [-0.2, 0) is 0 Å². The first-order chi connectivity index (χ1) is 9.40. The summed E-state index contributed by atoms with van der Waals surface area (Å²) in [5.41, 5.74) is 8.79. The number of nitrogen functional groups attached to an aromatic ring is 1. The number of nitrogens with two attached hydrogens (primary N) is 1. The summed E-state index contributed by atoms with van der Waals surface area (Å²) >= 11 is 3.10. The van der Waals surface area contributed by atoms with Gasteiger partial charge in [-0.25, -0.2) is 4.39 Å². The smallest absolute Gasteiger partial charge is 0.257 e. The van der Waals surface area contributed by atoms with Crippen molar-refractivity contribution in [3.05, 3.63) is 57.3 Å². The second-order valence-corrected chi connectivity index (χ2v) is 5.43. The van der Waals surface area contributed by atoms with Gasteiger partial charge in [0.25, 0.3) is 5.91 Å². The number of hydrogen-bond acceptors (Lipinski definition) is 2. The van der Waals surface area contributed by atoms with Crippen molar-refractivity contribution in [3.63, 3.8) is 0 Å². The van der Waals surface area contributed by atoms with Gasteiger partial charge in [-0.1, -0.05) is 12.1 Å². The molecule has 1 amide bonds. The van der Waals surface area contributed by atoms with Crippen molar-refractivity contribution in [1.82, 2.24) is 0 Å². The molecule has 5 heteroatoms. The molecule has 0 bridgehead atoms. The topological polar surface area (TPSA) is 55.1 Å². The predicted octanol–water partition coefficient (Wildman–Crippen LogP) is 4.04. The van der Waals surface area contributed by atoms with Crippen LogP contribution in [0.2, 0.25) is 0 Å². The maximum atomic E-state index is 13.4. The number of carbonyl (C=O) groups is 1. The molecular formula is C15H14BrFN2O. The van der Waals surface area contributed by atoms with Crippen molar-refractivity contribution < 1.29 is 9.18 Å². The van der Waals surface area contributed by atoms with Gasteiger partial charge in [0.05, 0.1) is 10.0 Å². The van der Waals surface area contributed by atoms with E-state index in [1.807, 2.05) is 13.0 Å². The minimum atomic E-state index is -0.365. The molecule has 2 aromatic rings. The highest BCUT2D eigenvalue weighted by atomic mass is 79.9. The Kier molecular flexibility index (Phi) is 4.09. The number of benzene rings is 2. The Morgan fingerprint density at radius 1 is 1.25 bits per heavy atom. The van der Waals surface area contributed by atoms with E-state index in [0.29, 0.717) is 27.0 Å². The van der Waals surface area contributed by atoms with E-state index in [-0.39, 0.29) is 11.7 Å². The van der Waals surface area contributed by atoms with Gasteiger partial charge in [-0.3, -0.25) is 4.79 Å². The molecule has 0 atom stereocenters. The molecule has 0 radical (unpaired) electrons. The summed E-state index contributed by atoms with van der Waals surface area (Å²) < 4.78 is 13.7. The van der Waals surface area contributed by atoms with Crippen LogP contribution < -0.4 is 11.1 Å². The van der Waals surface area contributed by atoms with Crippen LogP contribution in [0.3, 0.4) is 0 Å². The van der Waals surface area contributed by atoms with Gasteiger partial charge in [0.15, 0.2) is 0 Å². The van der Waals surface area contributed by atoms with E-state index >= 15 is 0 Å². The monoisotopic (exact) mass is 336 g/mol. The van der Waals surface area contributed by atoms with Gasteiger partial charge in [0.1, 0.15) is 5.82 Å². The number of nitrogens with one attached hydrogen (secondary N) is 1. The number of anilines is 2. The summed E-state index contributed by atoms with van der Waals surface area (Å²) in [7, 11) is 0. The molecule has 0 aliphatic heterocycles. The maximum absolute atomic E-state index is 13.4. The molecule has 0 saturated heterocycles. The first-order valence-electron chi connectivity index (χ1n) is 6.02. The highest BCUT2D eigenvalue weighted by Crippen LogP contribution is 2.25. The Bertz CT molecular complexity index is 686. The molecule has 0 spiro atoms. The summed E-state index contributed by atoms with van der Waals surface area (Å²) in [5, 5.41) is 2.75. The molecule has 2 aromatic carbocycles. The largest absolute Gasteiger partial charge is 0.398 e. The first-order valence-corrected chi connectivity index (χ1v) is 6.81. The van der Waals surface area contributed by atoms with Crippen molar-refractivity contribution in [3.8, 4) is 0 Å². The van der Waals surface area contributed by atoms with Crippen LogP contribution in [0.5, 0.6) is 0 Å². The van der Waals surface area contributed by atoms with E-state index in [4.69, 9.17) is 5.73 Å². The van der Waals surface area contributed by atoms with Gasteiger partial charge in [-0.15, -0.1) is 0 Å². The molecule has 20 heavy (non-hydrogen) atoms. The van der Waals surface area contributed by atoms with Crippen LogP contribution in [0.1, 0.15) is 21.5 Å². The van der Waals surface area contributed by atoms with Crippen LogP contribution in [-0.4, -0.2) is 5.91 Å². The Morgan fingerprint density at radius 3 is 2.65 bits per heavy atom. The zero-order chi connectivity index (χ0) is 14.9. The lowest BCUT2D eigenvalue weighted by atomic mass is 10.1. The Hall–Kier alpha value is -1.88. The molecule has 104 valence electrons. The van der Waals surface area contributed by atoms with Crippen LogP contribution in [0.4, 0.5) is 15.8 Å². The van der Waals surface area contributed by atoms with Gasteiger partial charge in [0.2, 0.25) is 0 Å². The number of carbonyl (C=O) groups excluding carboxylic acids is 1. The maximum Gasteiger partial charge on any atom is 0.257 e. The predicted molar refractivity (Wildman–Crippen MR) is 82.4 cm³/mol. The fraction of sp³-hybridized carbons (Fsp3) is 0.133. The zero-order valence-electron chi connectivity index (χ0n) is 11.1. The average molecular weight is 337 g/mol. The van der Waals surface area contributed by atoms with E-state index in [2.05, 4.69) is 21.2 Å². The molecule has 2 rings (SSSR count). The quantitative estimate of drug-likeness (QED) is 0.813. The fourth-order valence-corrected chi connectivity index (χ4v) is 2.19. The summed E-state index contributed by atoms with van der Waals surface area (Å²) in [6.07, 6.45) is 0. The lowest BCUT2D eigenvalue weighted by molar-refractivity contribution is 0.102. The van der Waals surface area contributed by atoms with E-state index < -0.39 is 0 Å². The summed E-state index contributed by atoms with van der Waals surface area (Å²) in [5.74, 6) is -0.677. The Morgan fingerprint density at radius 2 is 1.95 bits per heavy atom. The molecule has 0 aliphatic carbocycles. The van der Waals surface area contributed by atoms with E-state index in [0.717, 1.165) is 5.56 Å². The molecule has 0 aliphatic rings. The highest BCUT2D eigenvalue weighted by Gasteiger charge is 2.13. The number of rotatable bonds is 2. The molecule has 0 fully saturated rings. The number of para-hydroxylation sites is 1. The molecule has 0 aromatic heterocycles. The first kappa shape index (κ1) is 14.5. The van der Waals surface area contributed by atoms with E-state index in [1.54, 1.807) is 19.1 Å². The highest BCUT2D eigenvalue weighted by molar-refractivity contribution is 9.10. The van der Waals surface area contributed by atoms with Crippen molar-refractivity contribution in [2.45, 2.75) is 13.8 Å². The van der Waals surface area contributed by atoms with Gasteiger partial charge in [0, 0.05) is 11.4 Å². The normalized spacial score (nSPS) is 10.4. The number of hydrogen-bond donors (Lipinski definition) is 2. The van der Waals surface area contributed by atoms with E-state index in [9.17, 15) is 9.18 Å². The number of amides is 1. The second kappa shape index (κ2) is 5.63. The van der Waals surface area contributed by atoms with Crippen molar-refractivity contribution in [2.75, 3.05) is 11.1 Å². The van der Waals surface area contributed by atoms with Gasteiger partial charge in [-0.05, 0) is 59.1 Å². The second-order valence-electron chi connectivity index (χ2n) is 4.57. The van der Waals surface area contributed by atoms with Gasteiger partial charge < -0.3 is 11.1 Å². The molecule has 0 unspecified atom stereocenters. The average Bonchev–Trinajstić information content (AvgIpc) is 2.39. The van der Waals surface area contributed by atoms with Crippen LogP contribution in [0.25, 0.3) is 0 Å². The Labute approximate surface area is 125 Å². The standard InChI is InChI=1S/C15H14BrFN2O/c1-8-4-3-5-10(14(8)18)15(20)19-13-7-11(16)12(17)6-9(13)2/h3-7H,18H2,1-2H3,(H,19,20). The number of halogens is 2. The lowest BCUT2D eigenvalue weighted by Gasteiger charge is -2.12. The van der Waals surface area contributed by atoms with Gasteiger partial charge >= 0.3 is 0 Å². The summed E-state index contributed by atoms with van der Waals surface area (Å²) in [6.45, 7) is 3.57. The molecular weight excluding hydrogens is 323 g/mol. The third-order valence-corrected chi connectivity index (χ3v) is 3.69. The minimum Gasteiger partial charge on any atom is -0.398 e. The third-order valence-electron chi connectivity index (χ3n) is 3.08. The summed E-state index contributed by atoms with van der Waals surface area (Å²) in [4.78, 5) is 12.2. The van der Waals surface area contributed by atoms with Gasteiger partial charge in [-0.2, -0.15) is 0 Å². The SMILES string of the molecule is Cc1cc(F)c(Br)cc1NC(=O)c1cccc(C)c1N. The van der Waals surface area contributed by atoms with E-state index in [1.165, 1.54) is 12.1 Å². The Balaban J connectivity index is 2.33. The molecule has 3 N–H and O–H groups in total. The number of aryl methyl sites for hydroxylation is 2. The zero-order valence-corrected chi connectivity index (χ0v) is 12.7. The van der Waals surface area contributed by atoms with Crippen molar-refractivity contribution in [2.24, 2.45) is 0 Å².